The van der Waals surface area contributed by atoms with Crippen molar-refractivity contribution < 1.29 is 38.4 Å². The molecule has 2 atom stereocenters. The number of aliphatic carboxylic acids is 1. The molecule has 0 heterocycles. The van der Waals surface area contributed by atoms with Gasteiger partial charge in [0, 0.05) is 13.1 Å². The van der Waals surface area contributed by atoms with Crippen molar-refractivity contribution in [2.45, 2.75) is 11.6 Å². The van der Waals surface area contributed by atoms with Gasteiger partial charge < -0.3 is 19.5 Å². The number of carbonyl (C=O) groups excluding carboxylic acids is 2. The van der Waals surface area contributed by atoms with E-state index in [1.54, 1.807) is 0 Å². The van der Waals surface area contributed by atoms with E-state index in [0.717, 1.165) is 6.66 Å². The normalized spacial score (nSPS) is 17.3. The Hall–Kier alpha value is -1.40. The zero-order valence-electron chi connectivity index (χ0n) is 9.07. The van der Waals surface area contributed by atoms with Gasteiger partial charge in [-0.3, -0.25) is 18.9 Å². The summed E-state index contributed by atoms with van der Waals surface area (Å²) in [5.74, 6) is -1.60. The fourth-order valence-corrected chi connectivity index (χ4v) is 2.37. The molecule has 0 fully saturated rings. The Morgan fingerprint density at radius 2 is 1.88 bits per heavy atom. The molecule has 8 nitrogen and oxygen atoms in total. The maximum atomic E-state index is 11.6. The lowest BCUT2D eigenvalue weighted by Crippen LogP contribution is -2.44. The van der Waals surface area contributed by atoms with Crippen LogP contribution in [0.15, 0.2) is 0 Å². The summed E-state index contributed by atoms with van der Waals surface area (Å²) < 4.78 is 20.2. The number of hydrogen-bond donors (Lipinski definition) is 2. The van der Waals surface area contributed by atoms with Gasteiger partial charge in [0.05, 0.1) is 6.61 Å². The minimum absolute atomic E-state index is 0.0199. The quantitative estimate of drug-likeness (QED) is 0.324. The van der Waals surface area contributed by atoms with Gasteiger partial charge in [0.2, 0.25) is 7.37 Å². The summed E-state index contributed by atoms with van der Waals surface area (Å²) in [6.07, 6.45) is -0.431. The van der Waals surface area contributed by atoms with Gasteiger partial charge in [0.1, 0.15) is 6.61 Å². The smallest absolute Gasteiger partial charge is 0.323 e. The zero-order chi connectivity index (χ0) is 13.5. The lowest BCUT2D eigenvalue weighted by molar-refractivity contribution is -0.145. The molecule has 0 aromatic carbocycles. The van der Waals surface area contributed by atoms with E-state index in [1.165, 1.54) is 0 Å². The van der Waals surface area contributed by atoms with Crippen molar-refractivity contribution >= 4 is 26.3 Å². The largest absolute Gasteiger partial charge is 0.480 e. The van der Waals surface area contributed by atoms with Crippen molar-refractivity contribution in [2.24, 2.45) is 0 Å². The van der Waals surface area contributed by atoms with Gasteiger partial charge >= 0.3 is 5.97 Å². The fraction of sp³-hybridized carbons (Fsp3) is 0.625. The van der Waals surface area contributed by atoms with Crippen LogP contribution in [0.25, 0.3) is 0 Å². The number of ether oxygens (including phenoxy) is 2. The minimum atomic E-state index is -4.11. The number of carboxylic acids is 1. The molecular weight excluding hydrogens is 255 g/mol. The molecule has 0 bridgehead atoms. The van der Waals surface area contributed by atoms with E-state index in [4.69, 9.17) is 5.11 Å². The first-order valence-corrected chi connectivity index (χ1v) is 6.57. The first-order valence-electron chi connectivity index (χ1n) is 4.46. The molecule has 9 heteroatoms. The fourth-order valence-electron chi connectivity index (χ4n) is 1.19. The summed E-state index contributed by atoms with van der Waals surface area (Å²) in [5, 5.41) is 6.84. The maximum absolute atomic E-state index is 11.6. The van der Waals surface area contributed by atoms with Crippen LogP contribution in [0, 0.1) is 0 Å². The third kappa shape index (κ3) is 3.83. The van der Waals surface area contributed by atoms with Crippen LogP contribution in [0.5, 0.6) is 0 Å². The average molecular weight is 268 g/mol. The van der Waals surface area contributed by atoms with E-state index in [9.17, 15) is 23.8 Å². The van der Waals surface area contributed by atoms with Crippen molar-refractivity contribution in [1.29, 1.82) is 0 Å². The zero-order valence-corrected chi connectivity index (χ0v) is 9.96. The van der Waals surface area contributed by atoms with E-state index in [2.05, 4.69) is 9.47 Å². The maximum Gasteiger partial charge on any atom is 0.323 e. The Labute approximate surface area is 97.0 Å². The molecule has 0 aliphatic carbocycles. The second kappa shape index (κ2) is 6.36. The molecule has 0 aliphatic heterocycles. The topological polar surface area (TPSA) is 127 Å². The van der Waals surface area contributed by atoms with Crippen molar-refractivity contribution in [3.05, 3.63) is 0 Å². The highest BCUT2D eigenvalue weighted by Crippen LogP contribution is 2.53. The molecule has 0 aliphatic rings. The molecule has 2 unspecified atom stereocenters. The molecule has 0 rings (SSSR count). The predicted molar refractivity (Wildman–Crippen MR) is 54.8 cm³/mol. The second-order valence-electron chi connectivity index (χ2n) is 3.34. The van der Waals surface area contributed by atoms with Crippen LogP contribution in [-0.4, -0.2) is 53.9 Å². The van der Waals surface area contributed by atoms with Gasteiger partial charge in [-0.05, 0) is 0 Å². The Bertz CT molecular complexity index is 334. The van der Waals surface area contributed by atoms with Crippen molar-refractivity contribution in [3.8, 4) is 0 Å². The van der Waals surface area contributed by atoms with Crippen LogP contribution in [0.3, 0.4) is 0 Å². The summed E-state index contributed by atoms with van der Waals surface area (Å²) in [4.78, 5) is 40.5. The number of carbonyl (C=O) groups is 3. The van der Waals surface area contributed by atoms with E-state index in [-0.39, 0.29) is 19.6 Å². The van der Waals surface area contributed by atoms with Gasteiger partial charge in [-0.2, -0.15) is 0 Å². The third-order valence-electron chi connectivity index (χ3n) is 2.28. The third-order valence-corrected chi connectivity index (χ3v) is 4.42. The van der Waals surface area contributed by atoms with Crippen molar-refractivity contribution in [2.75, 3.05) is 19.9 Å². The highest BCUT2D eigenvalue weighted by atomic mass is 31.2. The molecule has 98 valence electrons. The monoisotopic (exact) mass is 268 g/mol. The summed E-state index contributed by atoms with van der Waals surface area (Å²) in [7, 11) is -4.11. The van der Waals surface area contributed by atoms with Crippen LogP contribution >= 0.6 is 7.37 Å². The summed E-state index contributed by atoms with van der Waals surface area (Å²) in [5.41, 5.74) is 0. The number of rotatable bonds is 9. The number of carboxylic acid groups (broad SMARTS) is 1. The van der Waals surface area contributed by atoms with E-state index in [0.29, 0.717) is 0 Å². The summed E-state index contributed by atoms with van der Waals surface area (Å²) in [6, 6.07) is 0. The average Bonchev–Trinajstić information content (AvgIpc) is 2.21. The summed E-state index contributed by atoms with van der Waals surface area (Å²) >= 11 is 0. The van der Waals surface area contributed by atoms with Crippen LogP contribution in [0.1, 0.15) is 6.42 Å². The standard InChI is InChI=1S/C8H13O8P/c1-17(13,14)8(7(11)12,4-16-6-10)2-3-15-5-9/h5-6H,2-4H2,1H3,(H,11,12)(H,13,14). The Balaban J connectivity index is 5.10. The lowest BCUT2D eigenvalue weighted by atomic mass is 10.1. The second-order valence-corrected chi connectivity index (χ2v) is 5.95. The molecule has 0 radical (unpaired) electrons. The molecule has 0 saturated heterocycles. The van der Waals surface area contributed by atoms with Crippen LogP contribution in [0.4, 0.5) is 0 Å². The summed E-state index contributed by atoms with van der Waals surface area (Å²) in [6.45, 7) is -0.218. The predicted octanol–water partition coefficient (Wildman–Crippen LogP) is -0.554. The van der Waals surface area contributed by atoms with Gasteiger partial charge in [-0.1, -0.05) is 0 Å². The lowest BCUT2D eigenvalue weighted by Gasteiger charge is -2.30. The van der Waals surface area contributed by atoms with Crippen molar-refractivity contribution in [1.82, 2.24) is 0 Å². The number of hydrogen-bond acceptors (Lipinski definition) is 6. The highest BCUT2D eigenvalue weighted by molar-refractivity contribution is 7.60. The molecule has 17 heavy (non-hydrogen) atoms. The Kier molecular flexibility index (Phi) is 5.84. The molecular formula is C8H13O8P. The molecule has 0 amide bonds. The molecule has 0 aromatic heterocycles. The SMILES string of the molecule is CP(=O)(O)C(CCOC=O)(COC=O)C(=O)O. The first kappa shape index (κ1) is 15.6. The first-order chi connectivity index (χ1) is 7.81. The van der Waals surface area contributed by atoms with Gasteiger partial charge in [-0.15, -0.1) is 0 Å². The highest BCUT2D eigenvalue weighted by Gasteiger charge is 2.52. The van der Waals surface area contributed by atoms with E-state index >= 15 is 0 Å². The Morgan fingerprint density at radius 3 is 2.24 bits per heavy atom. The van der Waals surface area contributed by atoms with Crippen LogP contribution in [0.2, 0.25) is 0 Å². The minimum Gasteiger partial charge on any atom is -0.480 e. The Morgan fingerprint density at radius 1 is 1.35 bits per heavy atom. The van der Waals surface area contributed by atoms with E-state index in [1.807, 2.05) is 0 Å². The van der Waals surface area contributed by atoms with Crippen LogP contribution < -0.4 is 0 Å². The van der Waals surface area contributed by atoms with E-state index < -0.39 is 31.5 Å². The molecule has 0 saturated carbocycles. The van der Waals surface area contributed by atoms with Crippen molar-refractivity contribution in [3.63, 3.8) is 0 Å². The van der Waals surface area contributed by atoms with Crippen LogP contribution in [-0.2, 0) is 28.4 Å². The van der Waals surface area contributed by atoms with Gasteiger partial charge in [0.15, 0.2) is 5.16 Å². The van der Waals surface area contributed by atoms with Gasteiger partial charge in [-0.25, -0.2) is 0 Å². The molecule has 2 N–H and O–H groups in total. The molecule has 0 spiro atoms. The van der Waals surface area contributed by atoms with Gasteiger partial charge in [0.25, 0.3) is 12.9 Å². The molecule has 0 aromatic rings.